The molecule has 1 aromatic carbocycles. The number of nitrogens with zero attached hydrogens (tertiary/aromatic N) is 1. The molecule has 0 amide bonds. The van der Waals surface area contributed by atoms with Gasteiger partial charge >= 0.3 is 5.97 Å². The van der Waals surface area contributed by atoms with E-state index < -0.39 is 5.97 Å². The van der Waals surface area contributed by atoms with Crippen LogP contribution in [0.2, 0.25) is 20.2 Å². The van der Waals surface area contributed by atoms with Crippen LogP contribution in [-0.4, -0.2) is 18.1 Å². The molecule has 1 heterocycles. The molecule has 20 heavy (non-hydrogen) atoms. The zero-order valence-electron chi connectivity index (χ0n) is 10.1. The van der Waals surface area contributed by atoms with Crippen molar-refractivity contribution in [2.24, 2.45) is 0 Å². The second-order valence-electron chi connectivity index (χ2n) is 3.80. The van der Waals surface area contributed by atoms with Crippen LogP contribution in [-0.2, 0) is 4.74 Å². The van der Waals surface area contributed by atoms with Crippen LogP contribution in [0.3, 0.4) is 0 Å². The van der Waals surface area contributed by atoms with Gasteiger partial charge in [0.25, 0.3) is 0 Å². The van der Waals surface area contributed by atoms with Crippen LogP contribution in [0.5, 0.6) is 0 Å². The van der Waals surface area contributed by atoms with E-state index in [4.69, 9.17) is 46.4 Å². The first kappa shape index (κ1) is 15.4. The maximum atomic E-state index is 11.6. The number of carbonyl (C=O) groups is 1. The summed E-state index contributed by atoms with van der Waals surface area (Å²) in [5.74, 6) is -0.522. The van der Waals surface area contributed by atoms with Gasteiger partial charge in [-0.2, -0.15) is 0 Å². The van der Waals surface area contributed by atoms with E-state index >= 15 is 0 Å². The number of carbonyl (C=O) groups excluding carboxylic acids is 1. The molecular formula is C13H7Cl4NO2. The number of rotatable bonds is 2. The third-order valence-electron chi connectivity index (χ3n) is 2.50. The van der Waals surface area contributed by atoms with Gasteiger partial charge in [0, 0.05) is 5.56 Å². The molecule has 3 nitrogen and oxygen atoms in total. The average Bonchev–Trinajstić information content (AvgIpc) is 2.41. The molecule has 2 aromatic rings. The summed E-state index contributed by atoms with van der Waals surface area (Å²) < 4.78 is 4.65. The van der Waals surface area contributed by atoms with E-state index in [1.165, 1.54) is 25.3 Å². The highest BCUT2D eigenvalue weighted by Gasteiger charge is 2.14. The van der Waals surface area contributed by atoms with Gasteiger partial charge in [-0.3, -0.25) is 0 Å². The molecule has 0 spiro atoms. The number of hydrogen-bond donors (Lipinski definition) is 0. The Bertz CT molecular complexity index is 688. The molecular weight excluding hydrogens is 344 g/mol. The number of esters is 1. The van der Waals surface area contributed by atoms with Crippen LogP contribution < -0.4 is 0 Å². The second-order valence-corrected chi connectivity index (χ2v) is 5.41. The maximum absolute atomic E-state index is 11.6. The summed E-state index contributed by atoms with van der Waals surface area (Å²) in [5.41, 5.74) is 1.19. The highest BCUT2D eigenvalue weighted by atomic mass is 35.5. The second kappa shape index (κ2) is 6.19. The third kappa shape index (κ3) is 3.18. The average molecular weight is 351 g/mol. The first-order valence-corrected chi connectivity index (χ1v) is 6.84. The largest absolute Gasteiger partial charge is 0.465 e. The Morgan fingerprint density at radius 1 is 1.00 bits per heavy atom. The smallest absolute Gasteiger partial charge is 0.338 e. The lowest BCUT2D eigenvalue weighted by atomic mass is 10.1. The number of halogens is 4. The quantitative estimate of drug-likeness (QED) is 0.427. The normalized spacial score (nSPS) is 10.4. The fraction of sp³-hybridized carbons (Fsp3) is 0.0769. The summed E-state index contributed by atoms with van der Waals surface area (Å²) in [6, 6.07) is 5.98. The lowest BCUT2D eigenvalue weighted by Gasteiger charge is -2.08. The van der Waals surface area contributed by atoms with Crippen molar-refractivity contribution in [3.8, 4) is 11.3 Å². The molecule has 1 aromatic heterocycles. The number of aromatic nitrogens is 1. The standard InChI is InChI=1S/C13H7Cl4NO2/c1-20-13(19)6-2-11(18-12(17)3-6)7-4-9(15)10(16)5-8(7)14/h2-5H,1H3. The van der Waals surface area contributed by atoms with E-state index in [2.05, 4.69) is 9.72 Å². The van der Waals surface area contributed by atoms with Crippen molar-refractivity contribution in [1.82, 2.24) is 4.98 Å². The monoisotopic (exact) mass is 349 g/mol. The van der Waals surface area contributed by atoms with E-state index in [9.17, 15) is 4.79 Å². The molecule has 0 fully saturated rings. The molecule has 0 bridgehead atoms. The van der Waals surface area contributed by atoms with Gasteiger partial charge in [-0.15, -0.1) is 0 Å². The summed E-state index contributed by atoms with van der Waals surface area (Å²) >= 11 is 23.8. The lowest BCUT2D eigenvalue weighted by molar-refractivity contribution is 0.0600. The van der Waals surface area contributed by atoms with Crippen molar-refractivity contribution >= 4 is 52.4 Å². The topological polar surface area (TPSA) is 39.2 Å². The third-order valence-corrected chi connectivity index (χ3v) is 3.73. The summed E-state index contributed by atoms with van der Waals surface area (Å²) in [6.07, 6.45) is 0. The minimum Gasteiger partial charge on any atom is -0.465 e. The van der Waals surface area contributed by atoms with Crippen molar-refractivity contribution in [3.63, 3.8) is 0 Å². The Kier molecular flexibility index (Phi) is 4.76. The molecule has 0 unspecified atom stereocenters. The fourth-order valence-electron chi connectivity index (χ4n) is 1.59. The molecule has 0 atom stereocenters. The van der Waals surface area contributed by atoms with E-state index in [0.29, 0.717) is 26.3 Å². The zero-order valence-corrected chi connectivity index (χ0v) is 13.1. The minimum atomic E-state index is -0.522. The fourth-order valence-corrected chi connectivity index (χ4v) is 2.44. The lowest BCUT2D eigenvalue weighted by Crippen LogP contribution is -2.02. The number of pyridine rings is 1. The SMILES string of the molecule is COC(=O)c1cc(Cl)nc(-c2cc(Cl)c(Cl)cc2Cl)c1. The molecule has 7 heteroatoms. The summed E-state index contributed by atoms with van der Waals surface area (Å²) in [4.78, 5) is 15.7. The molecule has 0 aliphatic rings. The Balaban J connectivity index is 2.61. The summed E-state index contributed by atoms with van der Waals surface area (Å²) in [6.45, 7) is 0. The van der Waals surface area contributed by atoms with E-state index in [1.807, 2.05) is 0 Å². The van der Waals surface area contributed by atoms with Crippen molar-refractivity contribution in [3.05, 3.63) is 50.0 Å². The Morgan fingerprint density at radius 3 is 2.30 bits per heavy atom. The van der Waals surface area contributed by atoms with E-state index in [1.54, 1.807) is 6.07 Å². The molecule has 104 valence electrons. The van der Waals surface area contributed by atoms with Gasteiger partial charge in [-0.1, -0.05) is 46.4 Å². The van der Waals surface area contributed by atoms with Crippen molar-refractivity contribution in [2.45, 2.75) is 0 Å². The van der Waals surface area contributed by atoms with Crippen LogP contribution in [0, 0.1) is 0 Å². The van der Waals surface area contributed by atoms with Gasteiger partial charge in [0.2, 0.25) is 0 Å². The highest BCUT2D eigenvalue weighted by Crippen LogP contribution is 2.35. The molecule has 0 aliphatic carbocycles. The van der Waals surface area contributed by atoms with Gasteiger partial charge < -0.3 is 4.74 Å². The molecule has 0 N–H and O–H groups in total. The minimum absolute atomic E-state index is 0.144. The molecule has 0 saturated carbocycles. The van der Waals surface area contributed by atoms with Gasteiger partial charge in [-0.05, 0) is 24.3 Å². The van der Waals surface area contributed by atoms with Crippen molar-refractivity contribution < 1.29 is 9.53 Å². The zero-order chi connectivity index (χ0) is 14.9. The highest BCUT2D eigenvalue weighted by molar-refractivity contribution is 6.44. The molecule has 0 aliphatic heterocycles. The van der Waals surface area contributed by atoms with Crippen molar-refractivity contribution in [2.75, 3.05) is 7.11 Å². The van der Waals surface area contributed by atoms with Crippen LogP contribution in [0.4, 0.5) is 0 Å². The summed E-state index contributed by atoms with van der Waals surface area (Å²) in [7, 11) is 1.28. The van der Waals surface area contributed by atoms with Gasteiger partial charge in [0.1, 0.15) is 5.15 Å². The van der Waals surface area contributed by atoms with E-state index in [0.717, 1.165) is 0 Å². The van der Waals surface area contributed by atoms with E-state index in [-0.39, 0.29) is 10.7 Å². The Morgan fingerprint density at radius 2 is 1.65 bits per heavy atom. The van der Waals surface area contributed by atoms with Gasteiger partial charge in [0.15, 0.2) is 0 Å². The van der Waals surface area contributed by atoms with Crippen LogP contribution in [0.15, 0.2) is 24.3 Å². The number of ether oxygens (including phenoxy) is 1. The number of methoxy groups -OCH3 is 1. The first-order valence-electron chi connectivity index (χ1n) is 5.33. The Labute approximate surface area is 135 Å². The molecule has 0 radical (unpaired) electrons. The first-order chi connectivity index (χ1) is 9.42. The molecule has 2 rings (SSSR count). The van der Waals surface area contributed by atoms with Crippen molar-refractivity contribution in [1.29, 1.82) is 0 Å². The van der Waals surface area contributed by atoms with Gasteiger partial charge in [0.05, 0.1) is 33.4 Å². The predicted molar refractivity (Wildman–Crippen MR) is 81.1 cm³/mol. The Hall–Kier alpha value is -1.000. The predicted octanol–water partition coefficient (Wildman–Crippen LogP) is 5.15. The van der Waals surface area contributed by atoms with Crippen LogP contribution in [0.25, 0.3) is 11.3 Å². The maximum Gasteiger partial charge on any atom is 0.338 e. The molecule has 0 saturated heterocycles. The number of benzene rings is 1. The number of hydrogen-bond acceptors (Lipinski definition) is 3. The van der Waals surface area contributed by atoms with Crippen LogP contribution in [0.1, 0.15) is 10.4 Å². The van der Waals surface area contributed by atoms with Gasteiger partial charge in [-0.25, -0.2) is 9.78 Å². The summed E-state index contributed by atoms with van der Waals surface area (Å²) in [5, 5.41) is 1.15. The van der Waals surface area contributed by atoms with Crippen LogP contribution >= 0.6 is 46.4 Å².